The molecule has 0 aromatic heterocycles. The summed E-state index contributed by atoms with van der Waals surface area (Å²) >= 11 is 0. The van der Waals surface area contributed by atoms with E-state index in [0.29, 0.717) is 21.9 Å². The molecule has 0 bridgehead atoms. The van der Waals surface area contributed by atoms with Crippen LogP contribution in [0.1, 0.15) is 0 Å². The second-order valence-corrected chi connectivity index (χ2v) is 4.30. The van der Waals surface area contributed by atoms with Gasteiger partial charge < -0.3 is 5.11 Å². The second-order valence-electron chi connectivity index (χ2n) is 4.30. The lowest BCUT2D eigenvalue weighted by atomic mass is 9.99. The molecule has 19 heavy (non-hydrogen) atoms. The summed E-state index contributed by atoms with van der Waals surface area (Å²) < 4.78 is 26.5. The summed E-state index contributed by atoms with van der Waals surface area (Å²) in [5.41, 5.74) is 1.24. The zero-order valence-corrected chi connectivity index (χ0v) is 9.90. The van der Waals surface area contributed by atoms with Crippen molar-refractivity contribution in [3.05, 3.63) is 66.2 Å². The molecule has 0 saturated carbocycles. The van der Waals surface area contributed by atoms with Crippen molar-refractivity contribution in [2.75, 3.05) is 0 Å². The first kappa shape index (κ1) is 11.7. The fraction of sp³-hybridized carbons (Fsp3) is 0. The Morgan fingerprint density at radius 3 is 2.21 bits per heavy atom. The van der Waals surface area contributed by atoms with E-state index in [1.165, 1.54) is 18.2 Å². The monoisotopic (exact) mass is 256 g/mol. The lowest BCUT2D eigenvalue weighted by molar-refractivity contribution is 0.483. The van der Waals surface area contributed by atoms with E-state index in [-0.39, 0.29) is 17.4 Å². The molecule has 3 aromatic carbocycles. The molecule has 0 atom stereocenters. The molecule has 0 fully saturated rings. The van der Waals surface area contributed by atoms with Crippen molar-refractivity contribution in [2.24, 2.45) is 0 Å². The fourth-order valence-electron chi connectivity index (χ4n) is 2.17. The Morgan fingerprint density at radius 2 is 1.47 bits per heavy atom. The molecule has 0 aliphatic rings. The van der Waals surface area contributed by atoms with Gasteiger partial charge in [0.05, 0.1) is 0 Å². The lowest BCUT2D eigenvalue weighted by Crippen LogP contribution is -1.84. The van der Waals surface area contributed by atoms with Crippen molar-refractivity contribution in [1.29, 1.82) is 0 Å². The minimum atomic E-state index is -0.376. The number of aromatic hydroxyl groups is 1. The van der Waals surface area contributed by atoms with Gasteiger partial charge in [-0.2, -0.15) is 0 Å². The Bertz CT molecular complexity index is 749. The van der Waals surface area contributed by atoms with E-state index < -0.39 is 0 Å². The number of phenolic OH excluding ortho intramolecular Hbond substituents is 1. The number of benzene rings is 3. The Balaban J connectivity index is 2.26. The van der Waals surface area contributed by atoms with Crippen LogP contribution in [-0.4, -0.2) is 5.11 Å². The molecule has 0 heterocycles. The van der Waals surface area contributed by atoms with Gasteiger partial charge in [0.15, 0.2) is 0 Å². The predicted octanol–water partition coefficient (Wildman–Crippen LogP) is 4.49. The van der Waals surface area contributed by atoms with E-state index >= 15 is 0 Å². The van der Waals surface area contributed by atoms with Crippen LogP contribution in [-0.2, 0) is 0 Å². The van der Waals surface area contributed by atoms with Gasteiger partial charge in [0, 0.05) is 16.3 Å². The third kappa shape index (κ3) is 1.93. The summed E-state index contributed by atoms with van der Waals surface area (Å²) in [5.74, 6) is -0.711. The summed E-state index contributed by atoms with van der Waals surface area (Å²) in [5, 5.41) is 11.0. The first-order valence-electron chi connectivity index (χ1n) is 5.83. The first-order chi connectivity index (χ1) is 9.16. The smallest absolute Gasteiger partial charge is 0.131 e. The third-order valence-corrected chi connectivity index (χ3v) is 3.14. The van der Waals surface area contributed by atoms with E-state index in [1.807, 2.05) is 0 Å². The predicted molar refractivity (Wildman–Crippen MR) is 71.0 cm³/mol. The van der Waals surface area contributed by atoms with E-state index in [4.69, 9.17) is 0 Å². The summed E-state index contributed by atoms with van der Waals surface area (Å²) in [7, 11) is 0. The molecule has 94 valence electrons. The van der Waals surface area contributed by atoms with Crippen molar-refractivity contribution in [2.45, 2.75) is 0 Å². The van der Waals surface area contributed by atoms with Crippen LogP contribution in [0.4, 0.5) is 8.78 Å². The Hall–Kier alpha value is -2.42. The third-order valence-electron chi connectivity index (χ3n) is 3.14. The van der Waals surface area contributed by atoms with Gasteiger partial charge in [-0.15, -0.1) is 0 Å². The minimum Gasteiger partial charge on any atom is -0.507 e. The van der Waals surface area contributed by atoms with Crippen LogP contribution in [0.5, 0.6) is 5.75 Å². The molecular weight excluding hydrogens is 246 g/mol. The molecule has 1 N–H and O–H groups in total. The lowest BCUT2D eigenvalue weighted by Gasteiger charge is -2.08. The normalized spacial score (nSPS) is 10.8. The quantitative estimate of drug-likeness (QED) is 0.680. The SMILES string of the molecule is Oc1c(-c2ccc(F)cc2)ccc2c(F)cccc12. The number of fused-ring (bicyclic) bond motifs is 1. The van der Waals surface area contributed by atoms with Gasteiger partial charge in [0.1, 0.15) is 17.4 Å². The van der Waals surface area contributed by atoms with Crippen LogP contribution in [0.25, 0.3) is 21.9 Å². The highest BCUT2D eigenvalue weighted by Crippen LogP contribution is 2.36. The molecule has 0 aliphatic heterocycles. The maximum absolute atomic E-state index is 13.6. The molecule has 3 heteroatoms. The molecule has 0 radical (unpaired) electrons. The number of halogens is 2. The van der Waals surface area contributed by atoms with Crippen molar-refractivity contribution < 1.29 is 13.9 Å². The van der Waals surface area contributed by atoms with Crippen LogP contribution in [0, 0.1) is 11.6 Å². The molecule has 0 saturated heterocycles. The highest BCUT2D eigenvalue weighted by molar-refractivity contribution is 5.95. The van der Waals surface area contributed by atoms with Gasteiger partial charge in [0.25, 0.3) is 0 Å². The van der Waals surface area contributed by atoms with Crippen molar-refractivity contribution in [3.63, 3.8) is 0 Å². The zero-order valence-electron chi connectivity index (χ0n) is 9.90. The standard InChI is InChI=1S/C16H10F2O/c17-11-6-4-10(5-7-11)12-8-9-13-14(16(12)19)2-1-3-15(13)18/h1-9,19H. The van der Waals surface area contributed by atoms with Gasteiger partial charge in [-0.25, -0.2) is 8.78 Å². The topological polar surface area (TPSA) is 20.2 Å². The highest BCUT2D eigenvalue weighted by Gasteiger charge is 2.10. The Kier molecular flexibility index (Phi) is 2.67. The van der Waals surface area contributed by atoms with Gasteiger partial charge in [-0.05, 0) is 29.8 Å². The average molecular weight is 256 g/mol. The van der Waals surface area contributed by atoms with Gasteiger partial charge in [-0.1, -0.05) is 30.3 Å². The van der Waals surface area contributed by atoms with E-state index in [2.05, 4.69) is 0 Å². The molecule has 0 unspecified atom stereocenters. The number of rotatable bonds is 1. The maximum atomic E-state index is 13.6. The van der Waals surface area contributed by atoms with Crippen molar-refractivity contribution in [1.82, 2.24) is 0 Å². The van der Waals surface area contributed by atoms with Crippen LogP contribution in [0.15, 0.2) is 54.6 Å². The summed E-state index contributed by atoms with van der Waals surface area (Å²) in [4.78, 5) is 0. The summed E-state index contributed by atoms with van der Waals surface area (Å²) in [6.45, 7) is 0. The molecule has 0 spiro atoms. The molecule has 1 nitrogen and oxygen atoms in total. The summed E-state index contributed by atoms with van der Waals surface area (Å²) in [6.07, 6.45) is 0. The van der Waals surface area contributed by atoms with Gasteiger partial charge >= 0.3 is 0 Å². The number of hydrogen-bond acceptors (Lipinski definition) is 1. The molecule has 0 aliphatic carbocycles. The Labute approximate surface area is 108 Å². The largest absolute Gasteiger partial charge is 0.507 e. The highest BCUT2D eigenvalue weighted by atomic mass is 19.1. The Morgan fingerprint density at radius 1 is 0.737 bits per heavy atom. The van der Waals surface area contributed by atoms with Crippen LogP contribution < -0.4 is 0 Å². The van der Waals surface area contributed by atoms with Crippen molar-refractivity contribution in [3.8, 4) is 16.9 Å². The van der Waals surface area contributed by atoms with Crippen LogP contribution in [0.3, 0.4) is 0 Å². The molecular formula is C16H10F2O. The van der Waals surface area contributed by atoms with Crippen LogP contribution >= 0.6 is 0 Å². The molecule has 0 amide bonds. The number of hydrogen-bond donors (Lipinski definition) is 1. The molecule has 3 rings (SSSR count). The molecule has 3 aromatic rings. The van der Waals surface area contributed by atoms with E-state index in [9.17, 15) is 13.9 Å². The zero-order chi connectivity index (χ0) is 13.4. The summed E-state index contributed by atoms with van der Waals surface area (Å²) in [6, 6.07) is 13.6. The van der Waals surface area contributed by atoms with Crippen LogP contribution in [0.2, 0.25) is 0 Å². The average Bonchev–Trinajstić information content (AvgIpc) is 2.42. The van der Waals surface area contributed by atoms with Gasteiger partial charge in [0.2, 0.25) is 0 Å². The van der Waals surface area contributed by atoms with E-state index in [0.717, 1.165) is 0 Å². The van der Waals surface area contributed by atoms with Gasteiger partial charge in [-0.3, -0.25) is 0 Å². The second kappa shape index (κ2) is 4.35. The maximum Gasteiger partial charge on any atom is 0.131 e. The first-order valence-corrected chi connectivity index (χ1v) is 5.83. The minimum absolute atomic E-state index is 0.00334. The van der Waals surface area contributed by atoms with Crippen molar-refractivity contribution >= 4 is 10.8 Å². The van der Waals surface area contributed by atoms with E-state index in [1.54, 1.807) is 36.4 Å². The fourth-order valence-corrected chi connectivity index (χ4v) is 2.17. The number of phenols is 1.